The third-order valence-corrected chi connectivity index (χ3v) is 3.49. The van der Waals surface area contributed by atoms with E-state index in [1.165, 1.54) is 0 Å². The summed E-state index contributed by atoms with van der Waals surface area (Å²) in [7, 11) is 1.79. The van der Waals surface area contributed by atoms with Gasteiger partial charge in [0.1, 0.15) is 0 Å². The highest BCUT2D eigenvalue weighted by atomic mass is 16.5. The number of methoxy groups -OCH3 is 1. The Morgan fingerprint density at radius 3 is 2.19 bits per heavy atom. The molecule has 0 aliphatic heterocycles. The van der Waals surface area contributed by atoms with Crippen LogP contribution in [-0.2, 0) is 4.74 Å². The zero-order valence-electron chi connectivity index (χ0n) is 12.0. The molecule has 0 amide bonds. The smallest absolute Gasteiger partial charge is 0.0772 e. The van der Waals surface area contributed by atoms with Crippen LogP contribution >= 0.6 is 0 Å². The number of nitrogens with zero attached hydrogens (tertiary/aromatic N) is 1. The molecule has 0 saturated carbocycles. The monoisotopic (exact) mass is 230 g/mol. The van der Waals surface area contributed by atoms with Crippen LogP contribution in [0.15, 0.2) is 0 Å². The zero-order chi connectivity index (χ0) is 12.6. The van der Waals surface area contributed by atoms with Crippen LogP contribution in [0.1, 0.15) is 41.0 Å². The summed E-state index contributed by atoms with van der Waals surface area (Å²) < 4.78 is 5.52. The Kier molecular flexibility index (Phi) is 7.98. The molecule has 0 saturated heterocycles. The number of rotatable bonds is 9. The number of hydrogen-bond acceptors (Lipinski definition) is 3. The van der Waals surface area contributed by atoms with Crippen molar-refractivity contribution in [1.29, 1.82) is 0 Å². The summed E-state index contributed by atoms with van der Waals surface area (Å²) in [6.45, 7) is 15.3. The van der Waals surface area contributed by atoms with Crippen LogP contribution in [-0.4, -0.2) is 49.8 Å². The Labute approximate surface area is 102 Å². The van der Waals surface area contributed by atoms with Crippen molar-refractivity contribution in [2.24, 2.45) is 0 Å². The van der Waals surface area contributed by atoms with Gasteiger partial charge in [-0.3, -0.25) is 0 Å². The molecule has 98 valence electrons. The molecule has 1 N–H and O–H groups in total. The molecule has 0 aliphatic carbocycles. The predicted molar refractivity (Wildman–Crippen MR) is 71.0 cm³/mol. The van der Waals surface area contributed by atoms with Crippen molar-refractivity contribution >= 4 is 0 Å². The maximum Gasteiger partial charge on any atom is 0.0772 e. The molecule has 0 radical (unpaired) electrons. The van der Waals surface area contributed by atoms with E-state index in [9.17, 15) is 0 Å². The van der Waals surface area contributed by atoms with Crippen molar-refractivity contribution in [2.75, 3.05) is 33.3 Å². The molecule has 2 unspecified atom stereocenters. The van der Waals surface area contributed by atoms with Crippen molar-refractivity contribution < 1.29 is 4.74 Å². The fourth-order valence-electron chi connectivity index (χ4n) is 1.67. The van der Waals surface area contributed by atoms with Crippen molar-refractivity contribution in [2.45, 2.75) is 52.7 Å². The lowest BCUT2D eigenvalue weighted by Crippen LogP contribution is -2.46. The van der Waals surface area contributed by atoms with E-state index < -0.39 is 0 Å². The molecular formula is C13H30N2O. The average molecular weight is 230 g/mol. The highest BCUT2D eigenvalue weighted by Crippen LogP contribution is 2.12. The Morgan fingerprint density at radius 1 is 1.25 bits per heavy atom. The van der Waals surface area contributed by atoms with Crippen molar-refractivity contribution in [1.82, 2.24) is 10.2 Å². The van der Waals surface area contributed by atoms with E-state index in [4.69, 9.17) is 4.74 Å². The average Bonchev–Trinajstić information content (AvgIpc) is 2.33. The maximum absolute atomic E-state index is 5.52. The molecular weight excluding hydrogens is 200 g/mol. The van der Waals surface area contributed by atoms with E-state index in [0.717, 1.165) is 32.6 Å². The SMILES string of the molecule is CCN(CC)CC(C)NCC(C)(CC)OC. The number of ether oxygens (including phenoxy) is 1. The van der Waals surface area contributed by atoms with Gasteiger partial charge in [-0.1, -0.05) is 20.8 Å². The van der Waals surface area contributed by atoms with Gasteiger partial charge in [0.2, 0.25) is 0 Å². The van der Waals surface area contributed by atoms with Crippen LogP contribution in [0.5, 0.6) is 0 Å². The van der Waals surface area contributed by atoms with Crippen LogP contribution in [0.4, 0.5) is 0 Å². The maximum atomic E-state index is 5.52. The van der Waals surface area contributed by atoms with Crippen LogP contribution < -0.4 is 5.32 Å². The van der Waals surface area contributed by atoms with E-state index in [1.54, 1.807) is 7.11 Å². The molecule has 3 nitrogen and oxygen atoms in total. The highest BCUT2D eigenvalue weighted by molar-refractivity contribution is 4.78. The van der Waals surface area contributed by atoms with Gasteiger partial charge in [-0.15, -0.1) is 0 Å². The third-order valence-electron chi connectivity index (χ3n) is 3.49. The second-order valence-corrected chi connectivity index (χ2v) is 4.78. The molecule has 16 heavy (non-hydrogen) atoms. The first-order chi connectivity index (χ1) is 7.51. The Morgan fingerprint density at radius 2 is 1.81 bits per heavy atom. The summed E-state index contributed by atoms with van der Waals surface area (Å²) in [5, 5.41) is 3.56. The Balaban J connectivity index is 3.92. The van der Waals surface area contributed by atoms with E-state index in [-0.39, 0.29) is 5.60 Å². The van der Waals surface area contributed by atoms with Crippen LogP contribution in [0.2, 0.25) is 0 Å². The first-order valence-corrected chi connectivity index (χ1v) is 6.52. The van der Waals surface area contributed by atoms with E-state index in [2.05, 4.69) is 44.8 Å². The largest absolute Gasteiger partial charge is 0.377 e. The summed E-state index contributed by atoms with van der Waals surface area (Å²) in [5.41, 5.74) is -0.0302. The number of hydrogen-bond donors (Lipinski definition) is 1. The van der Waals surface area contributed by atoms with Gasteiger partial charge in [0, 0.05) is 26.2 Å². The number of nitrogens with one attached hydrogen (secondary N) is 1. The Bertz CT molecular complexity index is 165. The molecule has 0 rings (SSSR count). The minimum atomic E-state index is -0.0302. The van der Waals surface area contributed by atoms with E-state index in [1.807, 2.05) is 0 Å². The van der Waals surface area contributed by atoms with Crippen LogP contribution in [0.25, 0.3) is 0 Å². The van der Waals surface area contributed by atoms with Gasteiger partial charge in [0.25, 0.3) is 0 Å². The van der Waals surface area contributed by atoms with Gasteiger partial charge < -0.3 is 15.0 Å². The molecule has 0 fully saturated rings. The first-order valence-electron chi connectivity index (χ1n) is 6.52. The number of likely N-dealkylation sites (N-methyl/N-ethyl adjacent to an activating group) is 1. The first kappa shape index (κ1) is 15.9. The molecule has 0 heterocycles. The van der Waals surface area contributed by atoms with Crippen molar-refractivity contribution in [3.05, 3.63) is 0 Å². The summed E-state index contributed by atoms with van der Waals surface area (Å²) >= 11 is 0. The second kappa shape index (κ2) is 8.04. The molecule has 0 bridgehead atoms. The van der Waals surface area contributed by atoms with Crippen LogP contribution in [0.3, 0.4) is 0 Å². The Hall–Kier alpha value is -0.120. The lowest BCUT2D eigenvalue weighted by atomic mass is 10.0. The fraction of sp³-hybridized carbons (Fsp3) is 1.00. The van der Waals surface area contributed by atoms with Gasteiger partial charge in [-0.2, -0.15) is 0 Å². The predicted octanol–water partition coefficient (Wildman–Crippen LogP) is 2.12. The lowest BCUT2D eigenvalue weighted by Gasteiger charge is -2.30. The normalized spacial score (nSPS) is 17.4. The summed E-state index contributed by atoms with van der Waals surface area (Å²) in [5.74, 6) is 0. The molecule has 2 atom stereocenters. The molecule has 0 spiro atoms. The van der Waals surface area contributed by atoms with Gasteiger partial charge >= 0.3 is 0 Å². The molecule has 0 aromatic heterocycles. The standard InChI is InChI=1S/C13H30N2O/c1-7-13(5,16-6)11-14-12(4)10-15(8-2)9-3/h12,14H,7-11H2,1-6H3. The molecule has 0 aromatic carbocycles. The van der Waals surface area contributed by atoms with E-state index in [0.29, 0.717) is 6.04 Å². The van der Waals surface area contributed by atoms with Crippen LogP contribution in [0, 0.1) is 0 Å². The zero-order valence-corrected chi connectivity index (χ0v) is 12.0. The summed E-state index contributed by atoms with van der Waals surface area (Å²) in [4.78, 5) is 2.44. The van der Waals surface area contributed by atoms with Crippen molar-refractivity contribution in [3.63, 3.8) is 0 Å². The highest BCUT2D eigenvalue weighted by Gasteiger charge is 2.21. The molecule has 0 aromatic rings. The van der Waals surface area contributed by atoms with E-state index >= 15 is 0 Å². The summed E-state index contributed by atoms with van der Waals surface area (Å²) in [6, 6.07) is 0.515. The van der Waals surface area contributed by atoms with Gasteiger partial charge in [-0.25, -0.2) is 0 Å². The molecule has 0 aliphatic rings. The minimum Gasteiger partial charge on any atom is -0.377 e. The lowest BCUT2D eigenvalue weighted by molar-refractivity contribution is 0.00131. The molecule has 3 heteroatoms. The third kappa shape index (κ3) is 5.83. The van der Waals surface area contributed by atoms with Gasteiger partial charge in [-0.05, 0) is 33.4 Å². The quantitative estimate of drug-likeness (QED) is 0.656. The van der Waals surface area contributed by atoms with Gasteiger partial charge in [0.05, 0.1) is 5.60 Å². The minimum absolute atomic E-state index is 0.0302. The fourth-order valence-corrected chi connectivity index (χ4v) is 1.67. The van der Waals surface area contributed by atoms with Crippen molar-refractivity contribution in [3.8, 4) is 0 Å². The topological polar surface area (TPSA) is 24.5 Å². The van der Waals surface area contributed by atoms with Gasteiger partial charge in [0.15, 0.2) is 0 Å². The summed E-state index contributed by atoms with van der Waals surface area (Å²) in [6.07, 6.45) is 1.04. The second-order valence-electron chi connectivity index (χ2n) is 4.78.